The molecule has 6 nitrogen and oxygen atoms in total. The van der Waals surface area contributed by atoms with Gasteiger partial charge in [-0.2, -0.15) is 0 Å². The zero-order valence-electron chi connectivity index (χ0n) is 13.2. The molecular formula is C17H13ClF2N2O4. The summed E-state index contributed by atoms with van der Waals surface area (Å²) in [6, 6.07) is 8.73. The lowest BCUT2D eigenvalue weighted by Gasteiger charge is -2.08. The first-order valence-electron chi connectivity index (χ1n) is 7.29. The van der Waals surface area contributed by atoms with E-state index in [1.54, 1.807) is 0 Å². The van der Waals surface area contributed by atoms with Crippen molar-refractivity contribution in [3.05, 3.63) is 64.7 Å². The Balaban J connectivity index is 1.73. The summed E-state index contributed by atoms with van der Waals surface area (Å²) in [4.78, 5) is 34.9. The monoisotopic (exact) mass is 382 g/mol. The Morgan fingerprint density at radius 3 is 2.31 bits per heavy atom. The van der Waals surface area contributed by atoms with Crippen LogP contribution in [0.2, 0.25) is 5.02 Å². The minimum Gasteiger partial charge on any atom is -0.452 e. The Kier molecular flexibility index (Phi) is 6.62. The highest BCUT2D eigenvalue weighted by molar-refractivity contribution is 6.30. The molecule has 0 saturated heterocycles. The smallest absolute Gasteiger partial charge is 0.338 e. The van der Waals surface area contributed by atoms with Crippen LogP contribution in [0.1, 0.15) is 10.4 Å². The molecule has 0 bridgehead atoms. The Labute approximate surface area is 152 Å². The molecule has 2 rings (SSSR count). The van der Waals surface area contributed by atoms with Gasteiger partial charge >= 0.3 is 5.97 Å². The lowest BCUT2D eigenvalue weighted by atomic mass is 10.2. The van der Waals surface area contributed by atoms with E-state index in [-0.39, 0.29) is 11.3 Å². The summed E-state index contributed by atoms with van der Waals surface area (Å²) >= 11 is 5.70. The minimum absolute atomic E-state index is 0.0392. The third kappa shape index (κ3) is 5.82. The number of benzene rings is 2. The van der Waals surface area contributed by atoms with E-state index in [0.29, 0.717) is 5.02 Å². The average Bonchev–Trinajstić information content (AvgIpc) is 2.61. The summed E-state index contributed by atoms with van der Waals surface area (Å²) in [5, 5.41) is 4.96. The molecule has 136 valence electrons. The molecule has 0 unspecified atom stereocenters. The summed E-state index contributed by atoms with van der Waals surface area (Å²) in [6.45, 7) is -1.02. The molecule has 0 radical (unpaired) electrons. The molecule has 2 aromatic carbocycles. The number of esters is 1. The predicted molar refractivity (Wildman–Crippen MR) is 89.7 cm³/mol. The summed E-state index contributed by atoms with van der Waals surface area (Å²) in [5.74, 6) is -4.23. The molecule has 0 heterocycles. The molecule has 26 heavy (non-hydrogen) atoms. The van der Waals surface area contributed by atoms with Gasteiger partial charge in [-0.25, -0.2) is 13.6 Å². The van der Waals surface area contributed by atoms with Gasteiger partial charge in [0.05, 0.1) is 12.1 Å². The number of carbonyl (C=O) groups is 3. The minimum atomic E-state index is -1.11. The Morgan fingerprint density at radius 2 is 1.65 bits per heavy atom. The summed E-state index contributed by atoms with van der Waals surface area (Å²) in [7, 11) is 0. The van der Waals surface area contributed by atoms with E-state index in [9.17, 15) is 23.2 Å². The summed E-state index contributed by atoms with van der Waals surface area (Å²) in [5.41, 5.74) is 0.260. The molecule has 0 spiro atoms. The fourth-order valence-corrected chi connectivity index (χ4v) is 1.94. The van der Waals surface area contributed by atoms with Gasteiger partial charge in [0.15, 0.2) is 18.2 Å². The van der Waals surface area contributed by atoms with Gasteiger partial charge in [-0.15, -0.1) is 0 Å². The maximum Gasteiger partial charge on any atom is 0.338 e. The normalized spacial score (nSPS) is 10.1. The molecule has 2 aromatic rings. The maximum absolute atomic E-state index is 13.0. The number of carbonyl (C=O) groups excluding carboxylic acids is 3. The maximum atomic E-state index is 13.0. The van der Waals surface area contributed by atoms with Gasteiger partial charge in [0.1, 0.15) is 0 Å². The van der Waals surface area contributed by atoms with E-state index in [0.717, 1.165) is 12.1 Å². The number of ether oxygens (including phenoxy) is 1. The van der Waals surface area contributed by atoms with Gasteiger partial charge < -0.3 is 15.4 Å². The molecular weight excluding hydrogens is 370 g/mol. The van der Waals surface area contributed by atoms with Crippen molar-refractivity contribution in [1.29, 1.82) is 0 Å². The van der Waals surface area contributed by atoms with Crippen LogP contribution in [0.3, 0.4) is 0 Å². The standard InChI is InChI=1S/C17H13ClF2N2O4/c18-11-3-1-10(2-4-11)17(25)26-9-16(24)21-8-15(23)22-12-5-6-13(19)14(20)7-12/h1-7H,8-9H2,(H,21,24)(H,22,23). The molecule has 0 atom stereocenters. The number of hydrogen-bond donors (Lipinski definition) is 2. The zero-order valence-corrected chi connectivity index (χ0v) is 14.0. The van der Waals surface area contributed by atoms with Crippen LogP contribution in [0.25, 0.3) is 0 Å². The van der Waals surface area contributed by atoms with Gasteiger partial charge in [-0.3, -0.25) is 9.59 Å². The van der Waals surface area contributed by atoms with Crippen LogP contribution < -0.4 is 10.6 Å². The Bertz CT molecular complexity index is 828. The van der Waals surface area contributed by atoms with Crippen LogP contribution in [0.4, 0.5) is 14.5 Å². The van der Waals surface area contributed by atoms with Crippen LogP contribution in [0.5, 0.6) is 0 Å². The van der Waals surface area contributed by atoms with Gasteiger partial charge in [0.25, 0.3) is 5.91 Å². The number of nitrogens with one attached hydrogen (secondary N) is 2. The first-order chi connectivity index (χ1) is 12.3. The highest BCUT2D eigenvalue weighted by Gasteiger charge is 2.12. The number of rotatable bonds is 6. The lowest BCUT2D eigenvalue weighted by Crippen LogP contribution is -2.35. The first-order valence-corrected chi connectivity index (χ1v) is 7.67. The van der Waals surface area contributed by atoms with Crippen molar-refractivity contribution < 1.29 is 27.9 Å². The Hall–Kier alpha value is -3.00. The van der Waals surface area contributed by atoms with E-state index in [1.165, 1.54) is 30.3 Å². The summed E-state index contributed by atoms with van der Waals surface area (Å²) in [6.07, 6.45) is 0. The predicted octanol–water partition coefficient (Wildman–Crippen LogP) is 2.53. The number of anilines is 1. The second-order valence-electron chi connectivity index (χ2n) is 5.04. The summed E-state index contributed by atoms with van der Waals surface area (Å²) < 4.78 is 30.6. The van der Waals surface area contributed by atoms with Crippen LogP contribution in [0.15, 0.2) is 42.5 Å². The van der Waals surface area contributed by atoms with Gasteiger partial charge in [0.2, 0.25) is 5.91 Å². The molecule has 0 aliphatic rings. The van der Waals surface area contributed by atoms with Gasteiger partial charge in [-0.05, 0) is 36.4 Å². The van der Waals surface area contributed by atoms with Crippen LogP contribution in [-0.4, -0.2) is 30.9 Å². The van der Waals surface area contributed by atoms with Crippen molar-refractivity contribution >= 4 is 35.1 Å². The molecule has 0 saturated carbocycles. The second-order valence-corrected chi connectivity index (χ2v) is 5.47. The van der Waals surface area contributed by atoms with Crippen molar-refractivity contribution in [1.82, 2.24) is 5.32 Å². The molecule has 0 aliphatic carbocycles. The van der Waals surface area contributed by atoms with Crippen molar-refractivity contribution in [3.63, 3.8) is 0 Å². The van der Waals surface area contributed by atoms with E-state index in [2.05, 4.69) is 10.6 Å². The van der Waals surface area contributed by atoms with Crippen molar-refractivity contribution in [3.8, 4) is 0 Å². The van der Waals surface area contributed by atoms with E-state index in [1.807, 2.05) is 0 Å². The second kappa shape index (κ2) is 8.91. The molecule has 2 N–H and O–H groups in total. The fraction of sp³-hybridized carbons (Fsp3) is 0.118. The highest BCUT2D eigenvalue weighted by Crippen LogP contribution is 2.13. The fourth-order valence-electron chi connectivity index (χ4n) is 1.81. The zero-order chi connectivity index (χ0) is 19.1. The third-order valence-corrected chi connectivity index (χ3v) is 3.32. The average molecular weight is 383 g/mol. The first kappa shape index (κ1) is 19.3. The SMILES string of the molecule is O=C(COC(=O)c1ccc(Cl)cc1)NCC(=O)Nc1ccc(F)c(F)c1. The molecule has 2 amide bonds. The van der Waals surface area contributed by atoms with Crippen LogP contribution in [0, 0.1) is 11.6 Å². The van der Waals surface area contributed by atoms with Gasteiger partial charge in [0, 0.05) is 16.8 Å². The number of amides is 2. The lowest BCUT2D eigenvalue weighted by molar-refractivity contribution is -0.126. The topological polar surface area (TPSA) is 84.5 Å². The van der Waals surface area contributed by atoms with Crippen LogP contribution >= 0.6 is 11.6 Å². The number of halogens is 3. The Morgan fingerprint density at radius 1 is 0.962 bits per heavy atom. The molecule has 0 aliphatic heterocycles. The van der Waals surface area contributed by atoms with Crippen LogP contribution in [-0.2, 0) is 14.3 Å². The third-order valence-electron chi connectivity index (χ3n) is 3.06. The molecule has 0 aromatic heterocycles. The molecule has 0 fully saturated rings. The number of hydrogen-bond acceptors (Lipinski definition) is 4. The van der Waals surface area contributed by atoms with E-state index >= 15 is 0 Å². The van der Waals surface area contributed by atoms with E-state index in [4.69, 9.17) is 16.3 Å². The van der Waals surface area contributed by atoms with Gasteiger partial charge in [-0.1, -0.05) is 11.6 Å². The van der Waals surface area contributed by atoms with Crippen molar-refractivity contribution in [2.75, 3.05) is 18.5 Å². The highest BCUT2D eigenvalue weighted by atomic mass is 35.5. The van der Waals surface area contributed by atoms with E-state index < -0.39 is 42.6 Å². The largest absolute Gasteiger partial charge is 0.452 e. The molecule has 9 heteroatoms. The van der Waals surface area contributed by atoms with Crippen molar-refractivity contribution in [2.24, 2.45) is 0 Å². The quantitative estimate of drug-likeness (QED) is 0.752. The van der Waals surface area contributed by atoms with Crippen molar-refractivity contribution in [2.45, 2.75) is 0 Å².